The maximum absolute atomic E-state index is 13.1. The number of nitrogens with one attached hydrogen (secondary N) is 1. The van der Waals surface area contributed by atoms with E-state index < -0.39 is 13.5 Å². The van der Waals surface area contributed by atoms with Crippen LogP contribution in [-0.4, -0.2) is 69.9 Å². The second-order valence-corrected chi connectivity index (χ2v) is 10.7. The predicted octanol–water partition coefficient (Wildman–Crippen LogP) is 4.43. The largest absolute Gasteiger partial charge is 0.491 e. The summed E-state index contributed by atoms with van der Waals surface area (Å²) in [5.41, 5.74) is 0.405. The topological polar surface area (TPSA) is 147 Å². The zero-order valence-corrected chi connectivity index (χ0v) is 23.7. The van der Waals surface area contributed by atoms with Crippen molar-refractivity contribution in [3.05, 3.63) is 54.1 Å². The molecule has 3 aromatic rings. The number of ether oxygens (including phenoxy) is 2. The summed E-state index contributed by atoms with van der Waals surface area (Å²) in [6.07, 6.45) is 3.94. The molecule has 14 heteroatoms. The maximum atomic E-state index is 13.1. The van der Waals surface area contributed by atoms with Gasteiger partial charge in [0.2, 0.25) is 5.88 Å². The number of hydrogen-bond donors (Lipinski definition) is 1. The van der Waals surface area contributed by atoms with E-state index in [0.29, 0.717) is 5.75 Å². The average Bonchev–Trinajstić information content (AvgIpc) is 3.29. The van der Waals surface area contributed by atoms with Crippen LogP contribution in [0.15, 0.2) is 42.9 Å². The average molecular weight is 561 g/mol. The van der Waals surface area contributed by atoms with E-state index in [1.54, 1.807) is 52.3 Å². The van der Waals surface area contributed by atoms with Gasteiger partial charge in [-0.05, 0) is 39.8 Å². The quantitative estimate of drug-likeness (QED) is 0.298. The first-order valence-electron chi connectivity index (χ1n) is 12.3. The molecule has 210 valence electrons. The van der Waals surface area contributed by atoms with Crippen molar-refractivity contribution in [3.8, 4) is 17.4 Å². The van der Waals surface area contributed by atoms with Crippen LogP contribution in [0.4, 0.5) is 5.82 Å². The molecule has 0 unspecified atom stereocenters. The second kappa shape index (κ2) is 13.3. The van der Waals surface area contributed by atoms with Crippen molar-refractivity contribution in [1.29, 1.82) is 0 Å². The number of benzene rings is 1. The van der Waals surface area contributed by atoms with E-state index in [9.17, 15) is 14.2 Å². The van der Waals surface area contributed by atoms with Gasteiger partial charge in [-0.1, -0.05) is 0 Å². The minimum absolute atomic E-state index is 0.0970. The molecule has 0 spiro atoms. The summed E-state index contributed by atoms with van der Waals surface area (Å²) in [6.45, 7) is 7.62. The lowest BCUT2D eigenvalue weighted by Crippen LogP contribution is -2.22. The fourth-order valence-electron chi connectivity index (χ4n) is 3.32. The molecule has 0 bridgehead atoms. The predicted molar refractivity (Wildman–Crippen MR) is 143 cm³/mol. The zero-order chi connectivity index (χ0) is 28.6. The molecule has 0 atom stereocenters. The van der Waals surface area contributed by atoms with Gasteiger partial charge in [-0.3, -0.25) is 18.8 Å². The zero-order valence-electron chi connectivity index (χ0n) is 22.8. The molecular weight excluding hydrogens is 527 g/mol. The van der Waals surface area contributed by atoms with E-state index >= 15 is 0 Å². The Morgan fingerprint density at radius 3 is 2.33 bits per heavy atom. The lowest BCUT2D eigenvalue weighted by molar-refractivity contribution is 0.0821. The number of rotatable bonds is 13. The summed E-state index contributed by atoms with van der Waals surface area (Å²) in [5, 5.41) is 6.97. The molecule has 2 heterocycles. The molecule has 2 aromatic heterocycles. The van der Waals surface area contributed by atoms with E-state index in [1.807, 2.05) is 13.8 Å². The van der Waals surface area contributed by atoms with Gasteiger partial charge in [-0.15, -0.1) is 0 Å². The van der Waals surface area contributed by atoms with Crippen molar-refractivity contribution in [2.45, 2.75) is 40.1 Å². The number of nitrogens with zero attached hydrogens (tertiary/aromatic N) is 5. The summed E-state index contributed by atoms with van der Waals surface area (Å²) in [4.78, 5) is 34.8. The van der Waals surface area contributed by atoms with Crippen LogP contribution >= 0.6 is 7.60 Å². The maximum Gasteiger partial charge on any atom is 0.351 e. The van der Waals surface area contributed by atoms with Gasteiger partial charge in [0.15, 0.2) is 5.82 Å². The molecule has 0 aliphatic heterocycles. The number of carbonyl (C=O) groups is 2. The van der Waals surface area contributed by atoms with Gasteiger partial charge in [0.05, 0.1) is 31.7 Å². The number of anilines is 1. The third-order valence-corrected chi connectivity index (χ3v) is 6.78. The third-order valence-electron chi connectivity index (χ3n) is 4.84. The van der Waals surface area contributed by atoms with E-state index in [0.717, 1.165) is 0 Å². The molecular formula is C25H33N6O7P. The van der Waals surface area contributed by atoms with Crippen LogP contribution in [0, 0.1) is 0 Å². The summed E-state index contributed by atoms with van der Waals surface area (Å²) in [5.74, 6) is 0.282. The highest BCUT2D eigenvalue weighted by molar-refractivity contribution is 7.52. The molecule has 39 heavy (non-hydrogen) atoms. The molecule has 2 amide bonds. The minimum atomic E-state index is -3.37. The molecule has 1 aromatic carbocycles. The molecule has 0 radical (unpaired) electrons. The first kappa shape index (κ1) is 29.8. The van der Waals surface area contributed by atoms with Crippen LogP contribution in [0.1, 0.15) is 48.5 Å². The first-order chi connectivity index (χ1) is 18.5. The Hall–Kier alpha value is -3.80. The molecule has 1 N–H and O–H groups in total. The third kappa shape index (κ3) is 8.60. The summed E-state index contributed by atoms with van der Waals surface area (Å²) in [7, 11) is -0.138. The number of carbonyl (C=O) groups excluding carboxylic acids is 2. The number of amides is 2. The standard InChI is InChI=1S/C25H33N6O7P/c1-7-35-39(34,36-8-2)16-31-10-9-22(29-31)28-24(32)18-11-19(37-17(3)4)13-20(12-18)38-23-15-26-21(14-27-23)25(33)30(5)6/h9-15,17H,7-8,16H2,1-6H3,(H,28,29,32). The van der Waals surface area contributed by atoms with Gasteiger partial charge < -0.3 is 28.7 Å². The van der Waals surface area contributed by atoms with Crippen LogP contribution in [0.5, 0.6) is 17.4 Å². The van der Waals surface area contributed by atoms with Crippen LogP contribution in [0.2, 0.25) is 0 Å². The van der Waals surface area contributed by atoms with Crippen LogP contribution in [0.3, 0.4) is 0 Å². The minimum Gasteiger partial charge on any atom is -0.491 e. The summed E-state index contributed by atoms with van der Waals surface area (Å²) < 4.78 is 36.4. The van der Waals surface area contributed by atoms with E-state index in [1.165, 1.54) is 28.0 Å². The second-order valence-electron chi connectivity index (χ2n) is 8.68. The van der Waals surface area contributed by atoms with Crippen molar-refractivity contribution in [3.63, 3.8) is 0 Å². The Bertz CT molecular complexity index is 1320. The first-order valence-corrected chi connectivity index (χ1v) is 14.0. The molecule has 3 rings (SSSR count). The molecule has 0 aliphatic rings. The Kier molecular flexibility index (Phi) is 10.2. The molecule has 0 saturated heterocycles. The Morgan fingerprint density at radius 2 is 1.74 bits per heavy atom. The Balaban J connectivity index is 1.78. The van der Waals surface area contributed by atoms with Crippen molar-refractivity contribution in [1.82, 2.24) is 24.6 Å². The summed E-state index contributed by atoms with van der Waals surface area (Å²) in [6, 6.07) is 6.27. The highest BCUT2D eigenvalue weighted by Gasteiger charge is 2.25. The lowest BCUT2D eigenvalue weighted by Gasteiger charge is -2.16. The van der Waals surface area contributed by atoms with Gasteiger partial charge in [-0.2, -0.15) is 5.10 Å². The SMILES string of the molecule is CCOP(=O)(Cn1ccc(NC(=O)c2cc(Oc3cnc(C(=O)N(C)C)cn3)cc(OC(C)C)c2)n1)OCC. The van der Waals surface area contributed by atoms with E-state index in [4.69, 9.17) is 18.5 Å². The van der Waals surface area contributed by atoms with Gasteiger partial charge in [0, 0.05) is 38.0 Å². The molecule has 13 nitrogen and oxygen atoms in total. The monoisotopic (exact) mass is 560 g/mol. The van der Waals surface area contributed by atoms with Crippen LogP contribution in [-0.2, 0) is 19.9 Å². The lowest BCUT2D eigenvalue weighted by atomic mass is 10.2. The molecule has 0 aliphatic carbocycles. The number of aromatic nitrogens is 4. The fraction of sp³-hybridized carbons (Fsp3) is 0.400. The molecule has 0 fully saturated rings. The Morgan fingerprint density at radius 1 is 1.05 bits per heavy atom. The van der Waals surface area contributed by atoms with Crippen LogP contribution < -0.4 is 14.8 Å². The van der Waals surface area contributed by atoms with Crippen molar-refractivity contribution in [2.75, 3.05) is 32.6 Å². The number of hydrogen-bond acceptors (Lipinski definition) is 10. The Labute approximate surface area is 227 Å². The van der Waals surface area contributed by atoms with Crippen molar-refractivity contribution < 1.29 is 32.7 Å². The van der Waals surface area contributed by atoms with Crippen molar-refractivity contribution >= 4 is 25.2 Å². The normalized spacial score (nSPS) is 11.4. The fourth-order valence-corrected chi connectivity index (χ4v) is 4.85. The van der Waals surface area contributed by atoms with Gasteiger partial charge in [0.1, 0.15) is 23.5 Å². The van der Waals surface area contributed by atoms with Crippen molar-refractivity contribution in [2.24, 2.45) is 0 Å². The highest BCUT2D eigenvalue weighted by atomic mass is 31.2. The van der Waals surface area contributed by atoms with Crippen LogP contribution in [0.25, 0.3) is 0 Å². The van der Waals surface area contributed by atoms with Gasteiger partial charge >= 0.3 is 7.60 Å². The summed E-state index contributed by atoms with van der Waals surface area (Å²) >= 11 is 0. The van der Waals surface area contributed by atoms with E-state index in [2.05, 4.69) is 20.4 Å². The highest BCUT2D eigenvalue weighted by Crippen LogP contribution is 2.49. The van der Waals surface area contributed by atoms with Gasteiger partial charge in [0.25, 0.3) is 11.8 Å². The molecule has 0 saturated carbocycles. The smallest absolute Gasteiger partial charge is 0.351 e. The van der Waals surface area contributed by atoms with Gasteiger partial charge in [-0.25, -0.2) is 9.97 Å². The van der Waals surface area contributed by atoms with E-state index in [-0.39, 0.29) is 60.2 Å².